The molecule has 2 N–H and O–H groups in total. The van der Waals surface area contributed by atoms with Crippen LogP contribution >= 0.6 is 0 Å². The molecule has 6 heteroatoms. The van der Waals surface area contributed by atoms with E-state index in [0.717, 1.165) is 12.1 Å². The normalized spacial score (nSPS) is 15.1. The van der Waals surface area contributed by atoms with Gasteiger partial charge in [0.15, 0.2) is 11.6 Å². The molecule has 1 heterocycles. The first-order valence-corrected chi connectivity index (χ1v) is 5.62. The van der Waals surface area contributed by atoms with Gasteiger partial charge >= 0.3 is 0 Å². The Balaban J connectivity index is 2.00. The third-order valence-electron chi connectivity index (χ3n) is 2.93. The van der Waals surface area contributed by atoms with Gasteiger partial charge in [0.05, 0.1) is 13.0 Å². The van der Waals surface area contributed by atoms with E-state index in [-0.39, 0.29) is 29.7 Å². The fourth-order valence-electron chi connectivity index (χ4n) is 1.66. The summed E-state index contributed by atoms with van der Waals surface area (Å²) in [7, 11) is 1.27. The summed E-state index contributed by atoms with van der Waals surface area (Å²) in [6, 6.07) is 2.01. The van der Waals surface area contributed by atoms with Gasteiger partial charge in [-0.15, -0.1) is 0 Å². The Kier molecular flexibility index (Phi) is 3.76. The molecule has 98 valence electrons. The lowest BCUT2D eigenvalue weighted by Gasteiger charge is -2.25. The zero-order valence-corrected chi connectivity index (χ0v) is 9.93. The molecule has 0 atom stereocenters. The molecule has 0 aromatic heterocycles. The van der Waals surface area contributed by atoms with Crippen LogP contribution in [0.25, 0.3) is 0 Å². The van der Waals surface area contributed by atoms with E-state index in [2.05, 4.69) is 15.4 Å². The van der Waals surface area contributed by atoms with Crippen LogP contribution in [0.4, 0.5) is 8.78 Å². The van der Waals surface area contributed by atoms with Crippen LogP contribution in [0.15, 0.2) is 12.1 Å². The summed E-state index contributed by atoms with van der Waals surface area (Å²) in [5, 5.41) is 5.54. The van der Waals surface area contributed by atoms with Crippen LogP contribution in [0.1, 0.15) is 5.56 Å². The van der Waals surface area contributed by atoms with E-state index in [1.165, 1.54) is 7.11 Å². The molecular weight excluding hydrogens is 242 g/mol. The number of hydrogen-bond acceptors (Lipinski definition) is 3. The van der Waals surface area contributed by atoms with Crippen LogP contribution in [0.3, 0.4) is 0 Å². The summed E-state index contributed by atoms with van der Waals surface area (Å²) in [5.41, 5.74) is 0.105. The molecule has 1 amide bonds. The van der Waals surface area contributed by atoms with Crippen molar-refractivity contribution >= 4 is 5.91 Å². The Morgan fingerprint density at radius 2 is 2.17 bits per heavy atom. The second kappa shape index (κ2) is 5.30. The molecule has 0 radical (unpaired) electrons. The van der Waals surface area contributed by atoms with Gasteiger partial charge in [-0.2, -0.15) is 0 Å². The van der Waals surface area contributed by atoms with Gasteiger partial charge in [0.1, 0.15) is 5.82 Å². The maximum atomic E-state index is 13.6. The molecule has 18 heavy (non-hydrogen) atoms. The minimum absolute atomic E-state index is 0.0257. The van der Waals surface area contributed by atoms with Crippen molar-refractivity contribution in [1.82, 2.24) is 10.6 Å². The van der Waals surface area contributed by atoms with E-state index in [4.69, 9.17) is 0 Å². The van der Waals surface area contributed by atoms with Crippen LogP contribution in [-0.4, -0.2) is 26.1 Å². The van der Waals surface area contributed by atoms with Gasteiger partial charge in [-0.05, 0) is 6.07 Å². The van der Waals surface area contributed by atoms with Crippen LogP contribution in [0, 0.1) is 17.6 Å². The Hall–Kier alpha value is -1.69. The molecule has 1 aromatic rings. The Morgan fingerprint density at radius 3 is 2.72 bits per heavy atom. The van der Waals surface area contributed by atoms with Crippen LogP contribution in [0.5, 0.6) is 5.75 Å². The highest BCUT2D eigenvalue weighted by Gasteiger charge is 2.24. The summed E-state index contributed by atoms with van der Waals surface area (Å²) in [6.45, 7) is 1.23. The molecule has 0 spiro atoms. The zero-order chi connectivity index (χ0) is 13.1. The van der Waals surface area contributed by atoms with Crippen molar-refractivity contribution < 1.29 is 18.3 Å². The molecule has 4 nitrogen and oxygen atoms in total. The van der Waals surface area contributed by atoms with Gasteiger partial charge in [-0.1, -0.05) is 0 Å². The van der Waals surface area contributed by atoms with E-state index in [0.29, 0.717) is 13.1 Å². The fourth-order valence-corrected chi connectivity index (χ4v) is 1.66. The maximum Gasteiger partial charge on any atom is 0.225 e. The zero-order valence-electron chi connectivity index (χ0n) is 9.93. The second-order valence-electron chi connectivity index (χ2n) is 4.15. The quantitative estimate of drug-likeness (QED) is 0.838. The van der Waals surface area contributed by atoms with Crippen LogP contribution in [-0.2, 0) is 11.3 Å². The standard InChI is InChI=1S/C12H14F2N2O2/c1-18-11-3-9(13)7(2-10(11)14)6-16-12(17)8-4-15-5-8/h2-3,8,15H,4-6H2,1H3,(H,16,17). The molecule has 1 aliphatic heterocycles. The van der Waals surface area contributed by atoms with E-state index in [9.17, 15) is 13.6 Å². The van der Waals surface area contributed by atoms with Crippen molar-refractivity contribution in [3.63, 3.8) is 0 Å². The number of rotatable bonds is 4. The fraction of sp³-hybridized carbons (Fsp3) is 0.417. The summed E-state index contributed by atoms with van der Waals surface area (Å²) >= 11 is 0. The minimum atomic E-state index is -0.645. The van der Waals surface area contributed by atoms with Crippen molar-refractivity contribution in [2.24, 2.45) is 5.92 Å². The number of carbonyl (C=O) groups is 1. The largest absolute Gasteiger partial charge is 0.494 e. The molecule has 1 saturated heterocycles. The predicted octanol–water partition coefficient (Wildman–Crippen LogP) is 0.809. The van der Waals surface area contributed by atoms with Crippen molar-refractivity contribution in [2.75, 3.05) is 20.2 Å². The lowest BCUT2D eigenvalue weighted by molar-refractivity contribution is -0.126. The first-order chi connectivity index (χ1) is 8.61. The van der Waals surface area contributed by atoms with Gasteiger partial charge in [0.25, 0.3) is 0 Å². The summed E-state index contributed by atoms with van der Waals surface area (Å²) in [5.74, 6) is -1.61. The Bertz CT molecular complexity index is 462. The van der Waals surface area contributed by atoms with E-state index < -0.39 is 11.6 Å². The molecule has 1 aromatic carbocycles. The highest BCUT2D eigenvalue weighted by Crippen LogP contribution is 2.21. The molecule has 0 bridgehead atoms. The number of halogens is 2. The van der Waals surface area contributed by atoms with Crippen molar-refractivity contribution in [3.05, 3.63) is 29.3 Å². The van der Waals surface area contributed by atoms with E-state index in [1.807, 2.05) is 0 Å². The van der Waals surface area contributed by atoms with Gasteiger partial charge in [-0.3, -0.25) is 4.79 Å². The summed E-state index contributed by atoms with van der Waals surface area (Å²) in [6.07, 6.45) is 0. The summed E-state index contributed by atoms with van der Waals surface area (Å²) in [4.78, 5) is 11.5. The molecule has 0 saturated carbocycles. The average molecular weight is 256 g/mol. The third-order valence-corrected chi connectivity index (χ3v) is 2.93. The van der Waals surface area contributed by atoms with Gasteiger partial charge in [0.2, 0.25) is 5.91 Å². The monoisotopic (exact) mass is 256 g/mol. The van der Waals surface area contributed by atoms with Crippen molar-refractivity contribution in [2.45, 2.75) is 6.54 Å². The van der Waals surface area contributed by atoms with Crippen molar-refractivity contribution in [1.29, 1.82) is 0 Å². The van der Waals surface area contributed by atoms with Crippen LogP contribution < -0.4 is 15.4 Å². The Morgan fingerprint density at radius 1 is 1.44 bits per heavy atom. The van der Waals surface area contributed by atoms with Gasteiger partial charge in [-0.25, -0.2) is 8.78 Å². The lowest BCUT2D eigenvalue weighted by atomic mass is 10.0. The smallest absolute Gasteiger partial charge is 0.225 e. The highest BCUT2D eigenvalue weighted by atomic mass is 19.1. The number of amides is 1. The number of methoxy groups -OCH3 is 1. The first kappa shape index (κ1) is 12.8. The highest BCUT2D eigenvalue weighted by molar-refractivity contribution is 5.79. The SMILES string of the molecule is COc1cc(F)c(CNC(=O)C2CNC2)cc1F. The number of benzene rings is 1. The molecular formula is C12H14F2N2O2. The molecule has 0 unspecified atom stereocenters. The Labute approximate surface area is 103 Å². The molecule has 2 rings (SSSR count). The maximum absolute atomic E-state index is 13.6. The minimum Gasteiger partial charge on any atom is -0.494 e. The second-order valence-corrected chi connectivity index (χ2v) is 4.15. The average Bonchev–Trinajstić information content (AvgIpc) is 2.27. The molecule has 1 fully saturated rings. The molecule has 1 aliphatic rings. The van der Waals surface area contributed by atoms with E-state index in [1.54, 1.807) is 0 Å². The third kappa shape index (κ3) is 2.59. The van der Waals surface area contributed by atoms with Gasteiger partial charge < -0.3 is 15.4 Å². The van der Waals surface area contributed by atoms with E-state index >= 15 is 0 Å². The molecule has 0 aliphatic carbocycles. The first-order valence-electron chi connectivity index (χ1n) is 5.62. The number of carbonyl (C=O) groups excluding carboxylic acids is 1. The number of nitrogens with one attached hydrogen (secondary N) is 2. The van der Waals surface area contributed by atoms with Crippen molar-refractivity contribution in [3.8, 4) is 5.75 Å². The predicted molar refractivity (Wildman–Crippen MR) is 61.1 cm³/mol. The topological polar surface area (TPSA) is 50.4 Å². The summed E-state index contributed by atoms with van der Waals surface area (Å²) < 4.78 is 31.6. The number of hydrogen-bond donors (Lipinski definition) is 2. The lowest BCUT2D eigenvalue weighted by Crippen LogP contribution is -2.50. The van der Waals surface area contributed by atoms with Crippen LogP contribution in [0.2, 0.25) is 0 Å². The number of ether oxygens (including phenoxy) is 1. The van der Waals surface area contributed by atoms with Gasteiger partial charge in [0, 0.05) is 31.3 Å².